The molecular formula is C8H16N2O3S. The summed E-state index contributed by atoms with van der Waals surface area (Å²) in [7, 11) is -1.83. The Balaban J connectivity index is 2.73. The van der Waals surface area contributed by atoms with Gasteiger partial charge in [0.1, 0.15) is 0 Å². The van der Waals surface area contributed by atoms with E-state index in [1.165, 1.54) is 17.4 Å². The highest BCUT2D eigenvalue weighted by Gasteiger charge is 2.34. The van der Waals surface area contributed by atoms with Crippen LogP contribution in [-0.2, 0) is 10.0 Å². The maximum atomic E-state index is 11.6. The van der Waals surface area contributed by atoms with Gasteiger partial charge >= 0.3 is 0 Å². The molecule has 0 amide bonds. The van der Waals surface area contributed by atoms with Crippen molar-refractivity contribution in [2.45, 2.75) is 12.1 Å². The summed E-state index contributed by atoms with van der Waals surface area (Å²) in [6.07, 6.45) is 0.722. The molecule has 0 aliphatic carbocycles. The fourth-order valence-corrected chi connectivity index (χ4v) is 2.66. The van der Waals surface area contributed by atoms with Gasteiger partial charge in [-0.05, 0) is 0 Å². The monoisotopic (exact) mass is 220 g/mol. The van der Waals surface area contributed by atoms with Crippen LogP contribution in [0.3, 0.4) is 0 Å². The Labute approximate surface area is 84.5 Å². The third-order valence-electron chi connectivity index (χ3n) is 2.39. The van der Waals surface area contributed by atoms with Gasteiger partial charge in [-0.3, -0.25) is 0 Å². The molecule has 0 spiro atoms. The van der Waals surface area contributed by atoms with Gasteiger partial charge in [-0.25, -0.2) is 8.42 Å². The van der Waals surface area contributed by atoms with E-state index in [2.05, 4.69) is 11.9 Å². The van der Waals surface area contributed by atoms with Crippen LogP contribution in [0.2, 0.25) is 0 Å². The number of hydrogen-bond acceptors (Lipinski definition) is 4. The molecule has 1 fully saturated rings. The average molecular weight is 220 g/mol. The minimum absolute atomic E-state index is 0.0906. The molecule has 1 rings (SSSR count). The molecule has 6 heteroatoms. The van der Waals surface area contributed by atoms with Crippen molar-refractivity contribution in [1.82, 2.24) is 9.62 Å². The predicted molar refractivity (Wildman–Crippen MR) is 54.4 cm³/mol. The predicted octanol–water partition coefficient (Wildman–Crippen LogP) is -1.23. The SMILES string of the molecule is C=CCS(=O)(=O)N(C)[C@@H]1CNC[C@H]1O. The second kappa shape index (κ2) is 4.39. The Morgan fingerprint density at radius 2 is 2.29 bits per heavy atom. The van der Waals surface area contributed by atoms with Crippen LogP contribution in [0, 0.1) is 0 Å². The maximum absolute atomic E-state index is 11.6. The fourth-order valence-electron chi connectivity index (χ4n) is 1.49. The number of aliphatic hydroxyl groups is 1. The van der Waals surface area contributed by atoms with Crippen molar-refractivity contribution in [1.29, 1.82) is 0 Å². The minimum atomic E-state index is -3.31. The molecule has 0 bridgehead atoms. The molecular weight excluding hydrogens is 204 g/mol. The lowest BCUT2D eigenvalue weighted by Gasteiger charge is -2.24. The number of sulfonamides is 1. The van der Waals surface area contributed by atoms with Crippen LogP contribution in [0.4, 0.5) is 0 Å². The van der Waals surface area contributed by atoms with Gasteiger partial charge in [-0.1, -0.05) is 6.08 Å². The molecule has 0 aromatic rings. The highest BCUT2D eigenvalue weighted by molar-refractivity contribution is 7.89. The smallest absolute Gasteiger partial charge is 0.217 e. The summed E-state index contributed by atoms with van der Waals surface area (Å²) in [5.41, 5.74) is 0. The Hall–Kier alpha value is -0.430. The van der Waals surface area contributed by atoms with Crippen molar-refractivity contribution in [3.8, 4) is 0 Å². The minimum Gasteiger partial charge on any atom is -0.390 e. The van der Waals surface area contributed by atoms with Gasteiger partial charge in [0.15, 0.2) is 0 Å². The van der Waals surface area contributed by atoms with Crippen LogP contribution in [-0.4, -0.2) is 55.9 Å². The highest BCUT2D eigenvalue weighted by atomic mass is 32.2. The van der Waals surface area contributed by atoms with Crippen LogP contribution in [0.25, 0.3) is 0 Å². The number of aliphatic hydroxyl groups excluding tert-OH is 1. The summed E-state index contributed by atoms with van der Waals surface area (Å²) < 4.78 is 24.4. The molecule has 5 nitrogen and oxygen atoms in total. The Kier molecular flexibility index (Phi) is 3.65. The molecule has 1 aliphatic heterocycles. The second-order valence-corrected chi connectivity index (χ2v) is 5.45. The van der Waals surface area contributed by atoms with Crippen LogP contribution < -0.4 is 5.32 Å². The van der Waals surface area contributed by atoms with Gasteiger partial charge in [-0.2, -0.15) is 4.31 Å². The number of nitrogens with zero attached hydrogens (tertiary/aromatic N) is 1. The Bertz CT molecular complexity index is 302. The first-order valence-electron chi connectivity index (χ1n) is 4.44. The Morgan fingerprint density at radius 3 is 2.71 bits per heavy atom. The zero-order valence-electron chi connectivity index (χ0n) is 8.18. The van der Waals surface area contributed by atoms with E-state index < -0.39 is 16.1 Å². The number of rotatable bonds is 4. The third-order valence-corrected chi connectivity index (χ3v) is 4.19. The molecule has 0 aromatic carbocycles. The van der Waals surface area contributed by atoms with E-state index in [4.69, 9.17) is 0 Å². The number of nitrogens with one attached hydrogen (secondary N) is 1. The molecule has 0 radical (unpaired) electrons. The molecule has 2 N–H and O–H groups in total. The topological polar surface area (TPSA) is 69.6 Å². The van der Waals surface area contributed by atoms with Crippen LogP contribution in [0.15, 0.2) is 12.7 Å². The van der Waals surface area contributed by atoms with E-state index in [-0.39, 0.29) is 11.8 Å². The molecule has 2 atom stereocenters. The molecule has 1 aliphatic rings. The normalized spacial score (nSPS) is 28.2. The highest BCUT2D eigenvalue weighted by Crippen LogP contribution is 2.12. The lowest BCUT2D eigenvalue weighted by atomic mass is 10.2. The summed E-state index contributed by atoms with van der Waals surface area (Å²) in [6, 6.07) is -0.361. The summed E-state index contributed by atoms with van der Waals surface area (Å²) in [5, 5.41) is 12.4. The molecule has 82 valence electrons. The van der Waals surface area contributed by atoms with Crippen molar-refractivity contribution in [2.24, 2.45) is 0 Å². The van der Waals surface area contributed by atoms with Gasteiger partial charge < -0.3 is 10.4 Å². The van der Waals surface area contributed by atoms with E-state index in [1.807, 2.05) is 0 Å². The van der Waals surface area contributed by atoms with Crippen molar-refractivity contribution in [3.05, 3.63) is 12.7 Å². The Morgan fingerprint density at radius 1 is 1.64 bits per heavy atom. The average Bonchev–Trinajstić information content (AvgIpc) is 2.50. The molecule has 1 saturated heterocycles. The zero-order valence-corrected chi connectivity index (χ0v) is 9.00. The van der Waals surface area contributed by atoms with E-state index >= 15 is 0 Å². The number of hydrogen-bond donors (Lipinski definition) is 2. The van der Waals surface area contributed by atoms with Crippen LogP contribution in [0.5, 0.6) is 0 Å². The van der Waals surface area contributed by atoms with Gasteiger partial charge in [0, 0.05) is 20.1 Å². The van der Waals surface area contributed by atoms with E-state index in [9.17, 15) is 13.5 Å². The lowest BCUT2D eigenvalue weighted by molar-refractivity contribution is 0.136. The van der Waals surface area contributed by atoms with Crippen molar-refractivity contribution in [2.75, 3.05) is 25.9 Å². The van der Waals surface area contributed by atoms with Crippen molar-refractivity contribution >= 4 is 10.0 Å². The second-order valence-electron chi connectivity index (χ2n) is 3.38. The first-order valence-corrected chi connectivity index (χ1v) is 6.05. The third kappa shape index (κ3) is 2.33. The van der Waals surface area contributed by atoms with Gasteiger partial charge in [0.05, 0.1) is 17.9 Å². The van der Waals surface area contributed by atoms with Crippen molar-refractivity contribution < 1.29 is 13.5 Å². The number of likely N-dealkylation sites (N-methyl/N-ethyl adjacent to an activating group) is 1. The van der Waals surface area contributed by atoms with E-state index in [0.717, 1.165) is 0 Å². The zero-order chi connectivity index (χ0) is 10.8. The quantitative estimate of drug-likeness (QED) is 0.582. The summed E-state index contributed by atoms with van der Waals surface area (Å²) in [6.45, 7) is 4.33. The van der Waals surface area contributed by atoms with Crippen LogP contribution >= 0.6 is 0 Å². The molecule has 1 heterocycles. The molecule has 14 heavy (non-hydrogen) atoms. The van der Waals surface area contributed by atoms with E-state index in [1.54, 1.807) is 0 Å². The van der Waals surface area contributed by atoms with Crippen LogP contribution in [0.1, 0.15) is 0 Å². The van der Waals surface area contributed by atoms with Gasteiger partial charge in [0.2, 0.25) is 10.0 Å². The fraction of sp³-hybridized carbons (Fsp3) is 0.750. The standard InChI is InChI=1S/C8H16N2O3S/c1-3-4-14(12,13)10(2)7-5-9-6-8(7)11/h3,7-9,11H,1,4-6H2,2H3/t7-,8-/m1/s1. The molecule has 0 saturated carbocycles. The largest absolute Gasteiger partial charge is 0.390 e. The molecule has 0 aromatic heterocycles. The summed E-state index contributed by atoms with van der Waals surface area (Å²) in [4.78, 5) is 0. The first kappa shape index (κ1) is 11.6. The summed E-state index contributed by atoms with van der Waals surface area (Å²) in [5.74, 6) is -0.0906. The van der Waals surface area contributed by atoms with Gasteiger partial charge in [-0.15, -0.1) is 6.58 Å². The summed E-state index contributed by atoms with van der Waals surface area (Å²) >= 11 is 0. The lowest BCUT2D eigenvalue weighted by Crippen LogP contribution is -2.44. The molecule has 0 unspecified atom stereocenters. The van der Waals surface area contributed by atoms with E-state index in [0.29, 0.717) is 13.1 Å². The van der Waals surface area contributed by atoms with Crippen molar-refractivity contribution in [3.63, 3.8) is 0 Å². The van der Waals surface area contributed by atoms with Gasteiger partial charge in [0.25, 0.3) is 0 Å². The number of β-amino-alcohol motifs (C(OH)–C–C–N with tert-alkyl or cyclic N) is 1. The maximum Gasteiger partial charge on any atom is 0.217 e. The first-order chi connectivity index (χ1) is 6.49.